The lowest BCUT2D eigenvalue weighted by Gasteiger charge is -2.31. The highest BCUT2D eigenvalue weighted by atomic mass is 16.5. The van der Waals surface area contributed by atoms with Crippen LogP contribution < -0.4 is 0 Å². The van der Waals surface area contributed by atoms with Gasteiger partial charge in [-0.2, -0.15) is 5.26 Å². The molecule has 2 aliphatic heterocycles. The maximum absolute atomic E-state index is 13.1. The van der Waals surface area contributed by atoms with E-state index in [4.69, 9.17) is 9.72 Å². The second-order valence-corrected chi connectivity index (χ2v) is 10.0. The zero-order valence-corrected chi connectivity index (χ0v) is 20.5. The third-order valence-electron chi connectivity index (χ3n) is 7.42. The summed E-state index contributed by atoms with van der Waals surface area (Å²) < 4.78 is 8.20. The Morgan fingerprint density at radius 3 is 2.83 bits per heavy atom. The van der Waals surface area contributed by atoms with E-state index in [-0.39, 0.29) is 24.0 Å². The number of hydrogen-bond donors (Lipinski definition) is 0. The van der Waals surface area contributed by atoms with E-state index >= 15 is 0 Å². The van der Waals surface area contributed by atoms with E-state index in [1.54, 1.807) is 6.07 Å². The van der Waals surface area contributed by atoms with Crippen molar-refractivity contribution in [1.82, 2.24) is 24.4 Å². The Kier molecular flexibility index (Phi) is 5.65. The van der Waals surface area contributed by atoms with Crippen LogP contribution in [0.25, 0.3) is 21.9 Å². The first-order valence-corrected chi connectivity index (χ1v) is 12.5. The molecule has 6 rings (SSSR count). The minimum absolute atomic E-state index is 0.0179. The number of amides is 1. The molecule has 2 fully saturated rings. The number of benzene rings is 1. The maximum atomic E-state index is 13.1. The molecule has 182 valence electrons. The molecule has 1 amide bonds. The number of rotatable bonds is 4. The standard InChI is InChI=1S/C28H28N6O2/c1-17-3-4-20(13-30-17)15-33-16-21(11-26(33)35)28-32-25-14-31-24-6-5-19(12-29)10-23(24)27(25)34(28)22-7-8-36-18(2)9-22/h3-6,10,13-14,18,21-22H,7-9,11,15-16H2,1-2H3/t18-,21?,22?/m1/s1. The molecule has 2 saturated heterocycles. The summed E-state index contributed by atoms with van der Waals surface area (Å²) in [5.74, 6) is 1.04. The number of hydrogen-bond acceptors (Lipinski definition) is 6. The minimum atomic E-state index is -0.0179. The molecule has 3 atom stereocenters. The second kappa shape index (κ2) is 8.99. The first-order chi connectivity index (χ1) is 17.5. The molecule has 2 aliphatic rings. The fourth-order valence-electron chi connectivity index (χ4n) is 5.64. The molecule has 1 aromatic carbocycles. The highest BCUT2D eigenvalue weighted by Crippen LogP contribution is 2.38. The SMILES string of the molecule is Cc1ccc(CN2CC(c3nc4cnc5ccc(C#N)cc5c4n3C3CCO[C@H](C)C3)CC2=O)cn1. The van der Waals surface area contributed by atoms with E-state index < -0.39 is 0 Å². The first kappa shape index (κ1) is 22.6. The summed E-state index contributed by atoms with van der Waals surface area (Å²) in [4.78, 5) is 29.1. The topological polar surface area (TPSA) is 96.9 Å². The number of likely N-dealkylation sites (tertiary alicyclic amines) is 1. The van der Waals surface area contributed by atoms with E-state index in [2.05, 4.69) is 27.5 Å². The van der Waals surface area contributed by atoms with Gasteiger partial charge in [0.1, 0.15) is 11.3 Å². The van der Waals surface area contributed by atoms with Crippen molar-refractivity contribution in [2.75, 3.05) is 13.2 Å². The van der Waals surface area contributed by atoms with Crippen molar-refractivity contribution in [1.29, 1.82) is 5.26 Å². The molecule has 3 aromatic heterocycles. The van der Waals surface area contributed by atoms with E-state index in [1.165, 1.54) is 0 Å². The first-order valence-electron chi connectivity index (χ1n) is 12.5. The molecule has 8 nitrogen and oxygen atoms in total. The van der Waals surface area contributed by atoms with Gasteiger partial charge in [-0.05, 0) is 56.5 Å². The molecule has 8 heteroatoms. The van der Waals surface area contributed by atoms with Gasteiger partial charge in [-0.3, -0.25) is 14.8 Å². The number of carbonyl (C=O) groups excluding carboxylic acids is 1. The summed E-state index contributed by atoms with van der Waals surface area (Å²) >= 11 is 0. The van der Waals surface area contributed by atoms with Gasteiger partial charge in [0.25, 0.3) is 0 Å². The van der Waals surface area contributed by atoms with Crippen LogP contribution in [0.5, 0.6) is 0 Å². The van der Waals surface area contributed by atoms with Crippen molar-refractivity contribution in [3.63, 3.8) is 0 Å². The van der Waals surface area contributed by atoms with E-state index in [0.29, 0.717) is 31.7 Å². The Bertz CT molecular complexity index is 1500. The Labute approximate surface area is 209 Å². The van der Waals surface area contributed by atoms with Gasteiger partial charge in [0.15, 0.2) is 0 Å². The largest absolute Gasteiger partial charge is 0.378 e. The zero-order valence-electron chi connectivity index (χ0n) is 20.5. The maximum Gasteiger partial charge on any atom is 0.223 e. The molecular weight excluding hydrogens is 452 g/mol. The summed E-state index contributed by atoms with van der Waals surface area (Å²) in [7, 11) is 0. The summed E-state index contributed by atoms with van der Waals surface area (Å²) in [6.45, 7) is 5.92. The van der Waals surface area contributed by atoms with Crippen LogP contribution in [0, 0.1) is 18.3 Å². The van der Waals surface area contributed by atoms with Gasteiger partial charge in [0.05, 0.1) is 35.0 Å². The van der Waals surface area contributed by atoms with Crippen LogP contribution in [0.15, 0.2) is 42.7 Å². The molecule has 0 bridgehead atoms. The van der Waals surface area contributed by atoms with Gasteiger partial charge in [0.2, 0.25) is 5.91 Å². The van der Waals surface area contributed by atoms with Crippen molar-refractivity contribution in [3.05, 3.63) is 65.4 Å². The summed E-state index contributed by atoms with van der Waals surface area (Å²) in [6.07, 6.45) is 5.99. The highest BCUT2D eigenvalue weighted by Gasteiger charge is 2.36. The Morgan fingerprint density at radius 1 is 1.17 bits per heavy atom. The Hall–Kier alpha value is -3.83. The number of ether oxygens (including phenoxy) is 1. The monoisotopic (exact) mass is 480 g/mol. The number of imidazole rings is 1. The van der Waals surface area contributed by atoms with Gasteiger partial charge >= 0.3 is 0 Å². The second-order valence-electron chi connectivity index (χ2n) is 10.0. The van der Waals surface area contributed by atoms with Crippen LogP contribution in [0.2, 0.25) is 0 Å². The van der Waals surface area contributed by atoms with Crippen LogP contribution >= 0.6 is 0 Å². The fourth-order valence-corrected chi connectivity index (χ4v) is 5.64. The van der Waals surface area contributed by atoms with E-state index in [9.17, 15) is 10.1 Å². The molecule has 4 aromatic rings. The van der Waals surface area contributed by atoms with Gasteiger partial charge < -0.3 is 14.2 Å². The number of aromatic nitrogens is 4. The Morgan fingerprint density at radius 2 is 2.06 bits per heavy atom. The number of aryl methyl sites for hydroxylation is 1. The lowest BCUT2D eigenvalue weighted by Crippen LogP contribution is -2.28. The summed E-state index contributed by atoms with van der Waals surface area (Å²) in [6, 6.07) is 12.1. The number of nitriles is 1. The molecule has 0 spiro atoms. The number of nitrogens with zero attached hydrogens (tertiary/aromatic N) is 6. The van der Waals surface area contributed by atoms with Crippen molar-refractivity contribution in [2.45, 2.75) is 57.7 Å². The Balaban J connectivity index is 1.44. The number of pyridine rings is 2. The zero-order chi connectivity index (χ0) is 24.8. The summed E-state index contributed by atoms with van der Waals surface area (Å²) in [5, 5.41) is 10.5. The van der Waals surface area contributed by atoms with Crippen LogP contribution in [0.1, 0.15) is 60.8 Å². The molecule has 5 heterocycles. The van der Waals surface area contributed by atoms with Crippen LogP contribution in [-0.4, -0.2) is 49.6 Å². The number of carbonyl (C=O) groups is 1. The van der Waals surface area contributed by atoms with Gasteiger partial charge in [-0.25, -0.2) is 4.98 Å². The van der Waals surface area contributed by atoms with Gasteiger partial charge in [-0.15, -0.1) is 0 Å². The van der Waals surface area contributed by atoms with Crippen molar-refractivity contribution >= 4 is 27.8 Å². The number of fused-ring (bicyclic) bond motifs is 3. The van der Waals surface area contributed by atoms with Gasteiger partial charge in [0, 0.05) is 55.4 Å². The third kappa shape index (κ3) is 3.99. The predicted molar refractivity (Wildman–Crippen MR) is 135 cm³/mol. The predicted octanol–water partition coefficient (Wildman–Crippen LogP) is 4.42. The highest BCUT2D eigenvalue weighted by molar-refractivity contribution is 6.03. The quantitative estimate of drug-likeness (QED) is 0.429. The van der Waals surface area contributed by atoms with E-state index in [1.807, 2.05) is 48.5 Å². The van der Waals surface area contributed by atoms with Crippen LogP contribution in [0.4, 0.5) is 0 Å². The molecule has 2 unspecified atom stereocenters. The van der Waals surface area contributed by atoms with Crippen molar-refractivity contribution < 1.29 is 9.53 Å². The van der Waals surface area contributed by atoms with E-state index in [0.717, 1.165) is 51.9 Å². The lowest BCUT2D eigenvalue weighted by molar-refractivity contribution is -0.128. The molecule has 36 heavy (non-hydrogen) atoms. The average Bonchev–Trinajstić information content (AvgIpc) is 3.45. The molecule has 0 radical (unpaired) electrons. The lowest BCUT2D eigenvalue weighted by atomic mass is 10.0. The molecule has 0 aliphatic carbocycles. The third-order valence-corrected chi connectivity index (χ3v) is 7.42. The summed E-state index contributed by atoms with van der Waals surface area (Å²) in [5.41, 5.74) is 5.23. The average molecular weight is 481 g/mol. The molecule has 0 saturated carbocycles. The smallest absolute Gasteiger partial charge is 0.223 e. The van der Waals surface area contributed by atoms with Crippen molar-refractivity contribution in [2.24, 2.45) is 0 Å². The minimum Gasteiger partial charge on any atom is -0.378 e. The molecular formula is C28H28N6O2. The van der Waals surface area contributed by atoms with Gasteiger partial charge in [-0.1, -0.05) is 6.07 Å². The normalized spacial score (nSPS) is 22.4. The van der Waals surface area contributed by atoms with Crippen molar-refractivity contribution in [3.8, 4) is 6.07 Å². The van der Waals surface area contributed by atoms with Crippen LogP contribution in [0.3, 0.4) is 0 Å². The molecule has 0 N–H and O–H groups in total. The van der Waals surface area contributed by atoms with Crippen LogP contribution in [-0.2, 0) is 16.1 Å². The fraction of sp³-hybridized carbons (Fsp3) is 0.393.